The molecule has 0 saturated heterocycles. The van der Waals surface area contributed by atoms with E-state index in [1.165, 1.54) is 12.1 Å². The van der Waals surface area contributed by atoms with Gasteiger partial charge in [-0.15, -0.1) is 0 Å². The number of carboxylic acids is 1. The first-order valence-corrected chi connectivity index (χ1v) is 6.83. The fourth-order valence-corrected chi connectivity index (χ4v) is 2.21. The molecule has 2 aromatic carbocycles. The Morgan fingerprint density at radius 1 is 1.19 bits per heavy atom. The molecule has 0 radical (unpaired) electrons. The lowest BCUT2D eigenvalue weighted by Gasteiger charge is -2.25. The Labute approximate surface area is 123 Å². The topological polar surface area (TPSA) is 40.5 Å². The second-order valence-corrected chi connectivity index (χ2v) is 4.97. The predicted octanol–water partition coefficient (Wildman–Crippen LogP) is 3.62. The van der Waals surface area contributed by atoms with E-state index in [1.807, 2.05) is 42.2 Å². The smallest absolute Gasteiger partial charge is 0.305 e. The number of anilines is 1. The maximum Gasteiger partial charge on any atom is 0.305 e. The highest BCUT2D eigenvalue weighted by molar-refractivity contribution is 5.67. The average molecular weight is 287 g/mol. The minimum absolute atomic E-state index is 0.0646. The Morgan fingerprint density at radius 2 is 1.90 bits per heavy atom. The SMILES string of the molecule is Cc1cc(F)ccc1CN(CCC(=O)O)c1ccccc1. The zero-order valence-electron chi connectivity index (χ0n) is 11.9. The summed E-state index contributed by atoms with van der Waals surface area (Å²) in [6.07, 6.45) is 0.0646. The summed E-state index contributed by atoms with van der Waals surface area (Å²) in [6.45, 7) is 2.83. The van der Waals surface area contributed by atoms with E-state index in [9.17, 15) is 9.18 Å². The van der Waals surface area contributed by atoms with Crippen molar-refractivity contribution in [2.75, 3.05) is 11.4 Å². The maximum atomic E-state index is 13.2. The van der Waals surface area contributed by atoms with Gasteiger partial charge in [0, 0.05) is 18.8 Å². The second kappa shape index (κ2) is 6.88. The summed E-state index contributed by atoms with van der Waals surface area (Å²) in [5.74, 6) is -1.08. The maximum absolute atomic E-state index is 13.2. The summed E-state index contributed by atoms with van der Waals surface area (Å²) in [5.41, 5.74) is 2.82. The van der Waals surface area contributed by atoms with E-state index in [4.69, 9.17) is 5.11 Å². The van der Waals surface area contributed by atoms with Crippen LogP contribution in [0.15, 0.2) is 48.5 Å². The van der Waals surface area contributed by atoms with E-state index in [0.29, 0.717) is 13.1 Å². The van der Waals surface area contributed by atoms with Crippen LogP contribution in [0.3, 0.4) is 0 Å². The summed E-state index contributed by atoms with van der Waals surface area (Å²) in [5, 5.41) is 8.89. The van der Waals surface area contributed by atoms with Crippen LogP contribution in [0.25, 0.3) is 0 Å². The van der Waals surface area contributed by atoms with E-state index in [-0.39, 0.29) is 12.2 Å². The van der Waals surface area contributed by atoms with Crippen molar-refractivity contribution in [3.63, 3.8) is 0 Å². The molecule has 0 aromatic heterocycles. The number of para-hydroxylation sites is 1. The van der Waals surface area contributed by atoms with Crippen molar-refractivity contribution in [3.8, 4) is 0 Å². The van der Waals surface area contributed by atoms with Crippen LogP contribution in [0.5, 0.6) is 0 Å². The number of carbonyl (C=O) groups is 1. The molecule has 4 heteroatoms. The van der Waals surface area contributed by atoms with Gasteiger partial charge in [-0.25, -0.2) is 4.39 Å². The van der Waals surface area contributed by atoms with E-state index in [0.717, 1.165) is 16.8 Å². The highest BCUT2D eigenvalue weighted by atomic mass is 19.1. The third kappa shape index (κ3) is 4.31. The van der Waals surface area contributed by atoms with Crippen molar-refractivity contribution in [3.05, 3.63) is 65.5 Å². The summed E-state index contributed by atoms with van der Waals surface area (Å²) in [6, 6.07) is 14.3. The zero-order chi connectivity index (χ0) is 15.2. The van der Waals surface area contributed by atoms with Crippen molar-refractivity contribution < 1.29 is 14.3 Å². The lowest BCUT2D eigenvalue weighted by atomic mass is 10.1. The first kappa shape index (κ1) is 15.0. The van der Waals surface area contributed by atoms with Crippen molar-refractivity contribution in [1.29, 1.82) is 0 Å². The molecule has 0 atom stereocenters. The Balaban J connectivity index is 2.21. The van der Waals surface area contributed by atoms with Gasteiger partial charge in [-0.3, -0.25) is 4.79 Å². The largest absolute Gasteiger partial charge is 0.481 e. The summed E-state index contributed by atoms with van der Waals surface area (Å²) in [4.78, 5) is 12.8. The van der Waals surface area contributed by atoms with Gasteiger partial charge in [0.05, 0.1) is 6.42 Å². The van der Waals surface area contributed by atoms with Gasteiger partial charge < -0.3 is 10.0 Å². The first-order valence-electron chi connectivity index (χ1n) is 6.83. The number of aryl methyl sites for hydroxylation is 1. The number of halogens is 1. The van der Waals surface area contributed by atoms with Crippen LogP contribution in [0.1, 0.15) is 17.5 Å². The predicted molar refractivity (Wildman–Crippen MR) is 80.9 cm³/mol. The molecule has 0 amide bonds. The van der Waals surface area contributed by atoms with E-state index < -0.39 is 5.97 Å². The quantitative estimate of drug-likeness (QED) is 0.882. The van der Waals surface area contributed by atoms with E-state index in [1.54, 1.807) is 6.07 Å². The number of carboxylic acid groups (broad SMARTS) is 1. The van der Waals surface area contributed by atoms with Crippen molar-refractivity contribution in [2.45, 2.75) is 19.9 Å². The first-order chi connectivity index (χ1) is 10.1. The monoisotopic (exact) mass is 287 g/mol. The molecular formula is C17H18FNO2. The summed E-state index contributed by atoms with van der Waals surface area (Å²) in [7, 11) is 0. The standard InChI is InChI=1S/C17H18FNO2/c1-13-11-15(18)8-7-14(13)12-19(10-9-17(20)21)16-5-3-2-4-6-16/h2-8,11H,9-10,12H2,1H3,(H,20,21). The molecule has 0 bridgehead atoms. The molecule has 3 nitrogen and oxygen atoms in total. The summed E-state index contributed by atoms with van der Waals surface area (Å²) < 4.78 is 13.2. The molecule has 0 unspecified atom stereocenters. The minimum atomic E-state index is -0.827. The van der Waals surface area contributed by atoms with Gasteiger partial charge in [-0.1, -0.05) is 24.3 Å². The van der Waals surface area contributed by atoms with Crippen LogP contribution in [-0.2, 0) is 11.3 Å². The van der Waals surface area contributed by atoms with Crippen LogP contribution in [-0.4, -0.2) is 17.6 Å². The number of benzene rings is 2. The highest BCUT2D eigenvalue weighted by Crippen LogP contribution is 2.19. The Kier molecular flexibility index (Phi) is 4.93. The third-order valence-corrected chi connectivity index (χ3v) is 3.38. The fraction of sp³-hybridized carbons (Fsp3) is 0.235. The van der Waals surface area contributed by atoms with Crippen LogP contribution in [0.2, 0.25) is 0 Å². The van der Waals surface area contributed by atoms with E-state index >= 15 is 0 Å². The van der Waals surface area contributed by atoms with Gasteiger partial charge in [0.25, 0.3) is 0 Å². The number of aliphatic carboxylic acids is 1. The molecule has 2 rings (SSSR count). The molecule has 0 spiro atoms. The zero-order valence-corrected chi connectivity index (χ0v) is 11.9. The van der Waals surface area contributed by atoms with Crippen LogP contribution >= 0.6 is 0 Å². The number of hydrogen-bond donors (Lipinski definition) is 1. The Bertz CT molecular complexity index is 613. The molecule has 0 heterocycles. The average Bonchev–Trinajstić information content (AvgIpc) is 2.46. The second-order valence-electron chi connectivity index (χ2n) is 4.97. The fourth-order valence-electron chi connectivity index (χ4n) is 2.21. The molecule has 0 fully saturated rings. The number of nitrogens with zero attached hydrogens (tertiary/aromatic N) is 1. The molecule has 0 aliphatic heterocycles. The lowest BCUT2D eigenvalue weighted by Crippen LogP contribution is -2.26. The molecule has 21 heavy (non-hydrogen) atoms. The molecule has 110 valence electrons. The molecule has 0 saturated carbocycles. The van der Waals surface area contributed by atoms with Crippen LogP contribution in [0.4, 0.5) is 10.1 Å². The van der Waals surface area contributed by atoms with Gasteiger partial charge in [0.2, 0.25) is 0 Å². The Morgan fingerprint density at radius 3 is 2.52 bits per heavy atom. The molecule has 0 aliphatic rings. The molecular weight excluding hydrogens is 269 g/mol. The van der Waals surface area contributed by atoms with Gasteiger partial charge in [-0.05, 0) is 42.3 Å². The molecule has 0 aliphatic carbocycles. The molecule has 1 N–H and O–H groups in total. The molecule has 2 aromatic rings. The number of hydrogen-bond acceptors (Lipinski definition) is 2. The van der Waals surface area contributed by atoms with Crippen molar-refractivity contribution >= 4 is 11.7 Å². The third-order valence-electron chi connectivity index (χ3n) is 3.38. The van der Waals surface area contributed by atoms with E-state index in [2.05, 4.69) is 0 Å². The van der Waals surface area contributed by atoms with Gasteiger partial charge in [0.1, 0.15) is 5.82 Å². The summed E-state index contributed by atoms with van der Waals surface area (Å²) >= 11 is 0. The van der Waals surface area contributed by atoms with Crippen LogP contribution < -0.4 is 4.90 Å². The Hall–Kier alpha value is -2.36. The van der Waals surface area contributed by atoms with Gasteiger partial charge >= 0.3 is 5.97 Å². The van der Waals surface area contributed by atoms with Gasteiger partial charge in [0.15, 0.2) is 0 Å². The van der Waals surface area contributed by atoms with Crippen molar-refractivity contribution in [2.24, 2.45) is 0 Å². The minimum Gasteiger partial charge on any atom is -0.481 e. The highest BCUT2D eigenvalue weighted by Gasteiger charge is 2.11. The van der Waals surface area contributed by atoms with Crippen LogP contribution in [0, 0.1) is 12.7 Å². The normalized spacial score (nSPS) is 10.4. The number of rotatable bonds is 6. The lowest BCUT2D eigenvalue weighted by molar-refractivity contribution is -0.136. The van der Waals surface area contributed by atoms with Gasteiger partial charge in [-0.2, -0.15) is 0 Å². The van der Waals surface area contributed by atoms with Crippen molar-refractivity contribution in [1.82, 2.24) is 0 Å².